The Morgan fingerprint density at radius 1 is 0.826 bits per heavy atom. The summed E-state index contributed by atoms with van der Waals surface area (Å²) in [4.78, 5) is 10.4. The van der Waals surface area contributed by atoms with Gasteiger partial charge in [0.25, 0.3) is 0 Å². The Balaban J connectivity index is 3.38. The average Bonchev–Trinajstić information content (AvgIpc) is 2.54. The van der Waals surface area contributed by atoms with Gasteiger partial charge < -0.3 is 10.2 Å². The smallest absolute Gasteiger partial charge is 0.332 e. The molecular formula is C20H34O3. The molecule has 132 valence electrons. The van der Waals surface area contributed by atoms with Gasteiger partial charge in [0.2, 0.25) is 0 Å². The van der Waals surface area contributed by atoms with Crippen LogP contribution in [0.25, 0.3) is 0 Å². The van der Waals surface area contributed by atoms with Gasteiger partial charge in [0, 0.05) is 0 Å². The second kappa shape index (κ2) is 17.0. The van der Waals surface area contributed by atoms with E-state index in [1.165, 1.54) is 38.5 Å². The van der Waals surface area contributed by atoms with Crippen molar-refractivity contribution >= 4 is 5.97 Å². The van der Waals surface area contributed by atoms with E-state index in [0.29, 0.717) is 6.42 Å². The summed E-state index contributed by atoms with van der Waals surface area (Å²) in [5.74, 6) is -1.15. The lowest BCUT2D eigenvalue weighted by molar-refractivity contribution is -0.146. The first kappa shape index (κ1) is 21.6. The van der Waals surface area contributed by atoms with Gasteiger partial charge in [-0.3, -0.25) is 0 Å². The van der Waals surface area contributed by atoms with Crippen LogP contribution >= 0.6 is 0 Å². The lowest BCUT2D eigenvalue weighted by atomic mass is 10.1. The summed E-state index contributed by atoms with van der Waals surface area (Å²) < 4.78 is 0. The Kier molecular flexibility index (Phi) is 16.0. The minimum atomic E-state index is -1.24. The molecule has 0 aliphatic carbocycles. The number of aliphatic hydroxyl groups is 1. The van der Waals surface area contributed by atoms with Gasteiger partial charge in [0.05, 0.1) is 0 Å². The van der Waals surface area contributed by atoms with Crippen molar-refractivity contribution in [3.8, 4) is 0 Å². The highest BCUT2D eigenvalue weighted by molar-refractivity contribution is 5.71. The van der Waals surface area contributed by atoms with Crippen molar-refractivity contribution < 1.29 is 15.0 Å². The Morgan fingerprint density at radius 2 is 1.39 bits per heavy atom. The van der Waals surface area contributed by atoms with Gasteiger partial charge in [0.15, 0.2) is 6.10 Å². The maximum atomic E-state index is 10.4. The molecule has 0 spiro atoms. The molecule has 0 amide bonds. The van der Waals surface area contributed by atoms with Crippen LogP contribution in [-0.4, -0.2) is 22.3 Å². The first-order chi connectivity index (χ1) is 11.2. The van der Waals surface area contributed by atoms with E-state index in [1.54, 1.807) is 0 Å². The summed E-state index contributed by atoms with van der Waals surface area (Å²) >= 11 is 0. The molecule has 0 fully saturated rings. The molecule has 0 bridgehead atoms. The summed E-state index contributed by atoms with van der Waals surface area (Å²) in [5.41, 5.74) is 0. The molecule has 0 saturated heterocycles. The topological polar surface area (TPSA) is 57.5 Å². The third-order valence-corrected chi connectivity index (χ3v) is 3.64. The van der Waals surface area contributed by atoms with Crippen LogP contribution < -0.4 is 0 Å². The minimum absolute atomic E-state index is 0.277. The summed E-state index contributed by atoms with van der Waals surface area (Å²) in [5, 5.41) is 17.6. The Hall–Kier alpha value is -1.35. The molecule has 0 saturated carbocycles. The average molecular weight is 322 g/mol. The Labute approximate surface area is 141 Å². The fourth-order valence-corrected chi connectivity index (χ4v) is 2.18. The summed E-state index contributed by atoms with van der Waals surface area (Å²) in [6.07, 6.45) is 23.4. The van der Waals surface area contributed by atoms with Crippen LogP contribution in [0.3, 0.4) is 0 Å². The zero-order chi connectivity index (χ0) is 17.2. The molecule has 2 N–H and O–H groups in total. The predicted octanol–water partition coefficient (Wildman–Crippen LogP) is 5.41. The van der Waals surface area contributed by atoms with Gasteiger partial charge in [-0.25, -0.2) is 4.79 Å². The number of carboxylic acid groups (broad SMARTS) is 1. The second-order valence-electron chi connectivity index (χ2n) is 5.86. The van der Waals surface area contributed by atoms with Crippen molar-refractivity contribution in [3.05, 3.63) is 36.5 Å². The monoisotopic (exact) mass is 322 g/mol. The zero-order valence-electron chi connectivity index (χ0n) is 14.6. The predicted molar refractivity (Wildman–Crippen MR) is 97.5 cm³/mol. The number of hydrogen-bond acceptors (Lipinski definition) is 2. The van der Waals surface area contributed by atoms with E-state index in [4.69, 9.17) is 10.2 Å². The van der Waals surface area contributed by atoms with Crippen LogP contribution in [0.1, 0.15) is 77.6 Å². The fourth-order valence-electron chi connectivity index (χ4n) is 2.18. The third kappa shape index (κ3) is 16.8. The molecule has 23 heavy (non-hydrogen) atoms. The Bertz CT molecular complexity index is 356. The first-order valence-corrected chi connectivity index (χ1v) is 9.04. The molecule has 1 unspecified atom stereocenters. The van der Waals surface area contributed by atoms with Gasteiger partial charge in [-0.15, -0.1) is 0 Å². The molecule has 3 nitrogen and oxygen atoms in total. The number of rotatable bonds is 15. The number of carbonyl (C=O) groups is 1. The molecule has 0 aromatic carbocycles. The van der Waals surface area contributed by atoms with Crippen molar-refractivity contribution in [1.29, 1.82) is 0 Å². The van der Waals surface area contributed by atoms with Crippen molar-refractivity contribution in [3.63, 3.8) is 0 Å². The van der Waals surface area contributed by atoms with Gasteiger partial charge in [-0.2, -0.15) is 0 Å². The highest BCUT2D eigenvalue weighted by Crippen LogP contribution is 2.06. The minimum Gasteiger partial charge on any atom is -0.479 e. The largest absolute Gasteiger partial charge is 0.479 e. The van der Waals surface area contributed by atoms with Gasteiger partial charge in [0.1, 0.15) is 0 Å². The molecular weight excluding hydrogens is 288 g/mol. The Morgan fingerprint density at radius 3 is 2.04 bits per heavy atom. The lowest BCUT2D eigenvalue weighted by Gasteiger charge is -2.00. The number of aliphatic carboxylic acids is 1. The third-order valence-electron chi connectivity index (χ3n) is 3.64. The maximum Gasteiger partial charge on any atom is 0.332 e. The summed E-state index contributed by atoms with van der Waals surface area (Å²) in [6.45, 7) is 2.24. The van der Waals surface area contributed by atoms with Crippen LogP contribution in [0.2, 0.25) is 0 Å². The number of allylic oxidation sites excluding steroid dienone is 6. The van der Waals surface area contributed by atoms with Crippen LogP contribution in [0.4, 0.5) is 0 Å². The molecule has 1 atom stereocenters. The molecule has 0 aliphatic heterocycles. The van der Waals surface area contributed by atoms with Crippen molar-refractivity contribution in [2.24, 2.45) is 0 Å². The van der Waals surface area contributed by atoms with E-state index < -0.39 is 12.1 Å². The number of aliphatic hydroxyl groups excluding tert-OH is 1. The van der Waals surface area contributed by atoms with Crippen LogP contribution in [-0.2, 0) is 4.79 Å². The molecule has 0 radical (unpaired) electrons. The quantitative estimate of drug-likeness (QED) is 0.313. The normalized spacial score (nSPS) is 13.5. The maximum absolute atomic E-state index is 10.4. The first-order valence-electron chi connectivity index (χ1n) is 9.04. The SMILES string of the molecule is CCCCCCCC=CCCC=CCC=CCCC(O)C(=O)O. The summed E-state index contributed by atoms with van der Waals surface area (Å²) in [6, 6.07) is 0. The number of unbranched alkanes of at least 4 members (excludes halogenated alkanes) is 6. The van der Waals surface area contributed by atoms with Crippen molar-refractivity contribution in [2.45, 2.75) is 83.7 Å². The fraction of sp³-hybridized carbons (Fsp3) is 0.650. The standard InChI is InChI=1S/C20H34O3/c1-2-3-4-5-6-7-8-9-10-11-12-13-14-15-16-17-18-19(21)20(22)23/h8-9,12-13,15-16,19,21H,2-7,10-11,14,17-18H2,1H3,(H,22,23). The van der Waals surface area contributed by atoms with Crippen LogP contribution in [0.5, 0.6) is 0 Å². The van der Waals surface area contributed by atoms with Crippen LogP contribution in [0, 0.1) is 0 Å². The van der Waals surface area contributed by atoms with E-state index in [9.17, 15) is 4.79 Å². The van der Waals surface area contributed by atoms with E-state index in [1.807, 2.05) is 12.2 Å². The molecule has 0 aromatic heterocycles. The van der Waals surface area contributed by atoms with Gasteiger partial charge >= 0.3 is 5.97 Å². The molecule has 0 rings (SSSR count). The zero-order valence-corrected chi connectivity index (χ0v) is 14.6. The molecule has 0 aliphatic rings. The highest BCUT2D eigenvalue weighted by atomic mass is 16.4. The second-order valence-corrected chi connectivity index (χ2v) is 5.86. The van der Waals surface area contributed by atoms with E-state index >= 15 is 0 Å². The summed E-state index contributed by atoms with van der Waals surface area (Å²) in [7, 11) is 0. The molecule has 3 heteroatoms. The lowest BCUT2D eigenvalue weighted by Crippen LogP contribution is -2.18. The van der Waals surface area contributed by atoms with Gasteiger partial charge in [-0.1, -0.05) is 69.1 Å². The van der Waals surface area contributed by atoms with Gasteiger partial charge in [-0.05, 0) is 44.9 Å². The van der Waals surface area contributed by atoms with E-state index in [-0.39, 0.29) is 6.42 Å². The van der Waals surface area contributed by atoms with Crippen LogP contribution in [0.15, 0.2) is 36.5 Å². The number of carboxylic acids is 1. The molecule has 0 heterocycles. The van der Waals surface area contributed by atoms with Crippen molar-refractivity contribution in [2.75, 3.05) is 0 Å². The van der Waals surface area contributed by atoms with E-state index in [0.717, 1.165) is 19.3 Å². The van der Waals surface area contributed by atoms with E-state index in [2.05, 4.69) is 31.2 Å². The highest BCUT2D eigenvalue weighted by Gasteiger charge is 2.10. The molecule has 0 aromatic rings. The number of hydrogen-bond donors (Lipinski definition) is 2. The van der Waals surface area contributed by atoms with Crippen molar-refractivity contribution in [1.82, 2.24) is 0 Å².